The monoisotopic (exact) mass is 299 g/mol. The second-order valence-electron chi connectivity index (χ2n) is 4.98. The summed E-state index contributed by atoms with van der Waals surface area (Å²) in [7, 11) is 2.10. The van der Waals surface area contributed by atoms with Crippen LogP contribution in [-0.2, 0) is 0 Å². The van der Waals surface area contributed by atoms with Crippen LogP contribution in [0.2, 0.25) is 0 Å². The number of aliphatic hydroxyl groups excluding tert-OH is 1. The van der Waals surface area contributed by atoms with Crippen molar-refractivity contribution in [2.75, 3.05) is 20.1 Å². The van der Waals surface area contributed by atoms with Crippen LogP contribution >= 0.6 is 15.9 Å². The average Bonchev–Trinajstić information content (AvgIpc) is 2.25. The van der Waals surface area contributed by atoms with Crippen molar-refractivity contribution in [3.63, 3.8) is 0 Å². The van der Waals surface area contributed by atoms with E-state index < -0.39 is 0 Å². The van der Waals surface area contributed by atoms with E-state index in [1.165, 1.54) is 0 Å². The van der Waals surface area contributed by atoms with Crippen molar-refractivity contribution in [1.82, 2.24) is 4.90 Å². The Morgan fingerprint density at radius 3 is 2.53 bits per heavy atom. The summed E-state index contributed by atoms with van der Waals surface area (Å²) in [5.74, 6) is 0.667. The van der Waals surface area contributed by atoms with E-state index >= 15 is 0 Å². The highest BCUT2D eigenvalue weighted by Crippen LogP contribution is 2.25. The van der Waals surface area contributed by atoms with Crippen molar-refractivity contribution >= 4 is 15.9 Å². The van der Waals surface area contributed by atoms with Crippen molar-refractivity contribution in [1.29, 1.82) is 0 Å². The van der Waals surface area contributed by atoms with Crippen LogP contribution in [0, 0.1) is 5.92 Å². The summed E-state index contributed by atoms with van der Waals surface area (Å²) >= 11 is 3.47. The number of halogens is 1. The Kier molecular flexibility index (Phi) is 6.17. The molecule has 1 aromatic carbocycles. The molecule has 0 heterocycles. The second-order valence-corrected chi connectivity index (χ2v) is 5.84. The smallest absolute Gasteiger partial charge is 0.0813 e. The Hall–Kier alpha value is -0.380. The molecule has 17 heavy (non-hydrogen) atoms. The van der Waals surface area contributed by atoms with E-state index in [4.69, 9.17) is 0 Å². The SMILES string of the molecule is CC(C)CN(C)CCC(O)c1ccccc1Br. The van der Waals surface area contributed by atoms with Gasteiger partial charge in [0.25, 0.3) is 0 Å². The molecule has 1 rings (SSSR count). The topological polar surface area (TPSA) is 23.5 Å². The van der Waals surface area contributed by atoms with E-state index in [0.29, 0.717) is 5.92 Å². The summed E-state index contributed by atoms with van der Waals surface area (Å²) in [5.41, 5.74) is 0.977. The van der Waals surface area contributed by atoms with Crippen LogP contribution in [0.15, 0.2) is 28.7 Å². The molecule has 0 aliphatic heterocycles. The third-order valence-corrected chi connectivity index (χ3v) is 3.45. The predicted molar refractivity (Wildman–Crippen MR) is 76.1 cm³/mol. The summed E-state index contributed by atoms with van der Waals surface area (Å²) in [6.07, 6.45) is 0.381. The quantitative estimate of drug-likeness (QED) is 0.869. The van der Waals surface area contributed by atoms with Gasteiger partial charge in [0.1, 0.15) is 0 Å². The van der Waals surface area contributed by atoms with Gasteiger partial charge in [0.15, 0.2) is 0 Å². The highest BCUT2D eigenvalue weighted by molar-refractivity contribution is 9.10. The Labute approximate surface area is 113 Å². The molecular formula is C14H22BrNO. The molecule has 1 unspecified atom stereocenters. The molecule has 0 amide bonds. The Balaban J connectivity index is 2.45. The first-order chi connectivity index (χ1) is 8.00. The number of hydrogen-bond donors (Lipinski definition) is 1. The van der Waals surface area contributed by atoms with Crippen LogP contribution in [0.4, 0.5) is 0 Å². The lowest BCUT2D eigenvalue weighted by Crippen LogP contribution is -2.25. The highest BCUT2D eigenvalue weighted by atomic mass is 79.9. The molecule has 2 nitrogen and oxygen atoms in total. The van der Waals surface area contributed by atoms with Crippen LogP contribution in [-0.4, -0.2) is 30.1 Å². The van der Waals surface area contributed by atoms with E-state index in [1.807, 2.05) is 24.3 Å². The fraction of sp³-hybridized carbons (Fsp3) is 0.571. The van der Waals surface area contributed by atoms with Gasteiger partial charge in [-0.1, -0.05) is 48.0 Å². The van der Waals surface area contributed by atoms with E-state index in [0.717, 1.165) is 29.5 Å². The molecule has 0 fully saturated rings. The van der Waals surface area contributed by atoms with Gasteiger partial charge in [0, 0.05) is 17.6 Å². The Morgan fingerprint density at radius 2 is 1.94 bits per heavy atom. The minimum Gasteiger partial charge on any atom is -0.388 e. The largest absolute Gasteiger partial charge is 0.388 e. The molecule has 0 aromatic heterocycles. The summed E-state index contributed by atoms with van der Waals surface area (Å²) in [6, 6.07) is 7.86. The summed E-state index contributed by atoms with van der Waals surface area (Å²) in [6.45, 7) is 6.41. The summed E-state index contributed by atoms with van der Waals surface area (Å²) in [4.78, 5) is 2.27. The minimum atomic E-state index is -0.389. The number of nitrogens with zero attached hydrogens (tertiary/aromatic N) is 1. The molecule has 0 saturated heterocycles. The third-order valence-electron chi connectivity index (χ3n) is 2.73. The number of aliphatic hydroxyl groups is 1. The van der Waals surface area contributed by atoms with Gasteiger partial charge in [0.05, 0.1) is 6.10 Å². The van der Waals surface area contributed by atoms with E-state index in [9.17, 15) is 5.11 Å². The maximum atomic E-state index is 10.1. The summed E-state index contributed by atoms with van der Waals surface area (Å²) in [5, 5.41) is 10.1. The molecule has 1 atom stereocenters. The normalized spacial score (nSPS) is 13.4. The van der Waals surface area contributed by atoms with Gasteiger partial charge in [0.2, 0.25) is 0 Å². The van der Waals surface area contributed by atoms with Gasteiger partial charge in [-0.05, 0) is 31.0 Å². The molecule has 0 radical (unpaired) electrons. The van der Waals surface area contributed by atoms with Gasteiger partial charge in [-0.2, -0.15) is 0 Å². The number of benzene rings is 1. The van der Waals surface area contributed by atoms with E-state index in [-0.39, 0.29) is 6.10 Å². The molecule has 3 heteroatoms. The Bertz CT molecular complexity index is 341. The molecule has 0 aliphatic rings. The molecule has 1 N–H and O–H groups in total. The fourth-order valence-corrected chi connectivity index (χ4v) is 2.51. The van der Waals surface area contributed by atoms with Crippen molar-refractivity contribution in [2.24, 2.45) is 5.92 Å². The maximum absolute atomic E-state index is 10.1. The first kappa shape index (κ1) is 14.7. The van der Waals surface area contributed by atoms with Gasteiger partial charge < -0.3 is 10.0 Å². The van der Waals surface area contributed by atoms with Gasteiger partial charge >= 0.3 is 0 Å². The molecular weight excluding hydrogens is 278 g/mol. The molecule has 1 aromatic rings. The molecule has 0 spiro atoms. The minimum absolute atomic E-state index is 0.389. The zero-order valence-electron chi connectivity index (χ0n) is 10.9. The number of rotatable bonds is 6. The van der Waals surface area contributed by atoms with Gasteiger partial charge in [-0.25, -0.2) is 0 Å². The van der Waals surface area contributed by atoms with Crippen LogP contribution in [0.5, 0.6) is 0 Å². The predicted octanol–water partition coefficient (Wildman–Crippen LogP) is 3.46. The molecule has 0 saturated carbocycles. The second kappa shape index (κ2) is 7.14. The zero-order valence-corrected chi connectivity index (χ0v) is 12.4. The van der Waals surface area contributed by atoms with E-state index in [2.05, 4.69) is 41.7 Å². The van der Waals surface area contributed by atoms with Crippen LogP contribution in [0.25, 0.3) is 0 Å². The lowest BCUT2D eigenvalue weighted by molar-refractivity contribution is 0.145. The molecule has 96 valence electrons. The van der Waals surface area contributed by atoms with Crippen LogP contribution < -0.4 is 0 Å². The van der Waals surface area contributed by atoms with Crippen LogP contribution in [0.1, 0.15) is 31.9 Å². The maximum Gasteiger partial charge on any atom is 0.0813 e. The standard InChI is InChI=1S/C14H22BrNO/c1-11(2)10-16(3)9-8-14(17)12-6-4-5-7-13(12)15/h4-7,11,14,17H,8-10H2,1-3H3. The summed E-state index contributed by atoms with van der Waals surface area (Å²) < 4.78 is 0.985. The van der Waals surface area contributed by atoms with E-state index in [1.54, 1.807) is 0 Å². The number of hydrogen-bond acceptors (Lipinski definition) is 2. The lowest BCUT2D eigenvalue weighted by Gasteiger charge is -2.21. The first-order valence-electron chi connectivity index (χ1n) is 6.11. The van der Waals surface area contributed by atoms with Crippen molar-refractivity contribution in [3.05, 3.63) is 34.3 Å². The van der Waals surface area contributed by atoms with Crippen molar-refractivity contribution in [3.8, 4) is 0 Å². The zero-order chi connectivity index (χ0) is 12.8. The lowest BCUT2D eigenvalue weighted by atomic mass is 10.1. The first-order valence-corrected chi connectivity index (χ1v) is 6.91. The molecule has 0 bridgehead atoms. The van der Waals surface area contributed by atoms with Crippen molar-refractivity contribution in [2.45, 2.75) is 26.4 Å². The Morgan fingerprint density at radius 1 is 1.29 bits per heavy atom. The van der Waals surface area contributed by atoms with Crippen molar-refractivity contribution < 1.29 is 5.11 Å². The van der Waals surface area contributed by atoms with Gasteiger partial charge in [-0.3, -0.25) is 0 Å². The van der Waals surface area contributed by atoms with Gasteiger partial charge in [-0.15, -0.1) is 0 Å². The fourth-order valence-electron chi connectivity index (χ4n) is 1.96. The molecule has 0 aliphatic carbocycles. The average molecular weight is 300 g/mol. The third kappa shape index (κ3) is 5.19. The van der Waals surface area contributed by atoms with Crippen LogP contribution in [0.3, 0.4) is 0 Å². The highest BCUT2D eigenvalue weighted by Gasteiger charge is 2.11.